The Hall–Kier alpha value is -1.55. The molecule has 25 heavy (non-hydrogen) atoms. The van der Waals surface area contributed by atoms with E-state index in [0.29, 0.717) is 6.67 Å². The second-order valence-corrected chi connectivity index (χ2v) is 8.41. The van der Waals surface area contributed by atoms with Crippen LogP contribution in [-0.2, 0) is 4.79 Å². The maximum absolute atomic E-state index is 12.8. The summed E-state index contributed by atoms with van der Waals surface area (Å²) in [6.07, 6.45) is 7.28. The first-order chi connectivity index (χ1) is 12.1. The van der Waals surface area contributed by atoms with Gasteiger partial charge in [-0.15, -0.1) is 0 Å². The normalized spacial score (nSPS) is 29.8. The summed E-state index contributed by atoms with van der Waals surface area (Å²) in [6, 6.07) is 9.35. The third-order valence-electron chi connectivity index (χ3n) is 6.81. The van der Waals surface area contributed by atoms with Gasteiger partial charge in [0.1, 0.15) is 5.54 Å². The van der Waals surface area contributed by atoms with Gasteiger partial charge in [0.25, 0.3) is 0 Å². The number of hydrogen-bond acceptors (Lipinski definition) is 3. The van der Waals surface area contributed by atoms with Crippen LogP contribution < -0.4 is 10.2 Å². The van der Waals surface area contributed by atoms with E-state index in [0.717, 1.165) is 37.9 Å². The number of likely N-dealkylation sites (tertiary alicyclic amines) is 1. The number of amides is 1. The Morgan fingerprint density at radius 1 is 1.04 bits per heavy atom. The van der Waals surface area contributed by atoms with E-state index in [1.807, 2.05) is 0 Å². The van der Waals surface area contributed by atoms with Crippen LogP contribution in [0.2, 0.25) is 0 Å². The molecule has 0 atom stereocenters. The highest BCUT2D eigenvalue weighted by Crippen LogP contribution is 2.38. The zero-order chi connectivity index (χ0) is 17.4. The lowest BCUT2D eigenvalue weighted by molar-refractivity contribution is -0.125. The van der Waals surface area contributed by atoms with Gasteiger partial charge < -0.3 is 15.1 Å². The van der Waals surface area contributed by atoms with Gasteiger partial charge in [-0.05, 0) is 63.5 Å². The molecule has 136 valence electrons. The molecule has 2 aliphatic heterocycles. The molecule has 1 aromatic carbocycles. The van der Waals surface area contributed by atoms with Crippen molar-refractivity contribution >= 4 is 11.6 Å². The van der Waals surface area contributed by atoms with E-state index in [1.54, 1.807) is 0 Å². The lowest BCUT2D eigenvalue weighted by atomic mass is 9.82. The van der Waals surface area contributed by atoms with Crippen LogP contribution in [-0.4, -0.2) is 42.1 Å². The zero-order valence-corrected chi connectivity index (χ0v) is 15.6. The van der Waals surface area contributed by atoms with Crippen molar-refractivity contribution in [2.45, 2.75) is 64.0 Å². The summed E-state index contributed by atoms with van der Waals surface area (Å²) >= 11 is 0. The molecule has 0 aromatic heterocycles. The van der Waals surface area contributed by atoms with Crippen LogP contribution >= 0.6 is 0 Å². The fraction of sp³-hybridized carbons (Fsp3) is 0.667. The summed E-state index contributed by atoms with van der Waals surface area (Å²) in [6.45, 7) is 7.23. The van der Waals surface area contributed by atoms with E-state index in [2.05, 4.69) is 53.2 Å². The molecule has 1 saturated carbocycles. The molecule has 3 aliphatic rings. The maximum Gasteiger partial charge on any atom is 0.247 e. The summed E-state index contributed by atoms with van der Waals surface area (Å²) in [5.41, 5.74) is 2.09. The Kier molecular flexibility index (Phi) is 4.48. The van der Waals surface area contributed by atoms with Gasteiger partial charge in [-0.25, -0.2) is 0 Å². The van der Waals surface area contributed by atoms with Crippen LogP contribution in [0, 0.1) is 12.8 Å². The summed E-state index contributed by atoms with van der Waals surface area (Å²) in [5, 5.41) is 3.11. The molecule has 2 heterocycles. The summed E-state index contributed by atoms with van der Waals surface area (Å²) in [5.74, 6) is 1.12. The van der Waals surface area contributed by atoms with E-state index in [-0.39, 0.29) is 11.4 Å². The molecule has 0 radical (unpaired) electrons. The first kappa shape index (κ1) is 16.9. The zero-order valence-electron chi connectivity index (χ0n) is 15.6. The van der Waals surface area contributed by atoms with Gasteiger partial charge in [-0.3, -0.25) is 4.79 Å². The third kappa shape index (κ3) is 3.05. The minimum atomic E-state index is -0.340. The highest BCUT2D eigenvalue weighted by atomic mass is 16.2. The van der Waals surface area contributed by atoms with Crippen LogP contribution in [0.3, 0.4) is 0 Å². The van der Waals surface area contributed by atoms with E-state index in [1.165, 1.54) is 36.9 Å². The Morgan fingerprint density at radius 3 is 2.32 bits per heavy atom. The van der Waals surface area contributed by atoms with E-state index in [4.69, 9.17) is 0 Å². The van der Waals surface area contributed by atoms with Crippen molar-refractivity contribution in [2.75, 3.05) is 24.7 Å². The molecule has 4 heteroatoms. The SMILES string of the molecule is Cc1ccc(N2CNC(=O)C23CCN([C@H]2CC[C@@H](C)CC2)CC3)cc1. The predicted molar refractivity (Wildman–Crippen MR) is 102 cm³/mol. The minimum absolute atomic E-state index is 0.227. The van der Waals surface area contributed by atoms with Crippen molar-refractivity contribution in [1.29, 1.82) is 0 Å². The van der Waals surface area contributed by atoms with Crippen molar-refractivity contribution < 1.29 is 4.79 Å². The lowest BCUT2D eigenvalue weighted by Crippen LogP contribution is -2.58. The number of carbonyl (C=O) groups excluding carboxylic acids is 1. The van der Waals surface area contributed by atoms with Crippen molar-refractivity contribution in [3.05, 3.63) is 29.8 Å². The van der Waals surface area contributed by atoms with Gasteiger partial charge >= 0.3 is 0 Å². The standard InChI is InChI=1S/C21H31N3O/c1-16-3-7-18(8-4-16)23-13-11-21(12-14-23)20(25)22-15-24(21)19-9-5-17(2)6-10-19/h5-6,9-10,16,18H,3-4,7-8,11-15H2,1-2H3,(H,22,25)/t16-,18+. The lowest BCUT2D eigenvalue weighted by Gasteiger charge is -2.46. The number of carbonyl (C=O) groups is 1. The van der Waals surface area contributed by atoms with Gasteiger partial charge in [0.15, 0.2) is 0 Å². The van der Waals surface area contributed by atoms with Gasteiger partial charge in [0, 0.05) is 24.8 Å². The summed E-state index contributed by atoms with van der Waals surface area (Å²) in [4.78, 5) is 17.7. The second kappa shape index (κ2) is 6.64. The van der Waals surface area contributed by atoms with Crippen molar-refractivity contribution in [3.8, 4) is 0 Å². The molecule has 0 bridgehead atoms. The summed E-state index contributed by atoms with van der Waals surface area (Å²) in [7, 11) is 0. The molecule has 1 aromatic rings. The topological polar surface area (TPSA) is 35.6 Å². The molecule has 4 rings (SSSR count). The molecule has 1 N–H and O–H groups in total. The molecule has 1 spiro atoms. The van der Waals surface area contributed by atoms with Crippen LogP contribution in [0.4, 0.5) is 5.69 Å². The number of benzene rings is 1. The number of nitrogens with one attached hydrogen (secondary N) is 1. The molecule has 1 amide bonds. The average Bonchev–Trinajstić information content (AvgIpc) is 2.94. The third-order valence-corrected chi connectivity index (χ3v) is 6.81. The number of hydrogen-bond donors (Lipinski definition) is 1. The molecule has 0 unspecified atom stereocenters. The monoisotopic (exact) mass is 341 g/mol. The van der Waals surface area contributed by atoms with E-state index in [9.17, 15) is 4.79 Å². The van der Waals surface area contributed by atoms with Crippen molar-refractivity contribution in [1.82, 2.24) is 10.2 Å². The number of aryl methyl sites for hydroxylation is 1. The van der Waals surface area contributed by atoms with E-state index >= 15 is 0 Å². The molecule has 2 saturated heterocycles. The second-order valence-electron chi connectivity index (χ2n) is 8.41. The van der Waals surface area contributed by atoms with Gasteiger partial charge in [-0.2, -0.15) is 0 Å². The summed E-state index contributed by atoms with van der Waals surface area (Å²) < 4.78 is 0. The number of anilines is 1. The first-order valence-electron chi connectivity index (χ1n) is 9.95. The molecule has 1 aliphatic carbocycles. The molecule has 3 fully saturated rings. The fourth-order valence-corrected chi connectivity index (χ4v) is 5.02. The Morgan fingerprint density at radius 2 is 1.68 bits per heavy atom. The van der Waals surface area contributed by atoms with Crippen LogP contribution in [0.15, 0.2) is 24.3 Å². The van der Waals surface area contributed by atoms with Gasteiger partial charge in [0.2, 0.25) is 5.91 Å². The largest absolute Gasteiger partial charge is 0.339 e. The number of piperidine rings is 1. The smallest absolute Gasteiger partial charge is 0.247 e. The first-order valence-corrected chi connectivity index (χ1v) is 9.95. The van der Waals surface area contributed by atoms with Crippen LogP contribution in [0.25, 0.3) is 0 Å². The maximum atomic E-state index is 12.8. The Balaban J connectivity index is 1.47. The molecular formula is C21H31N3O. The van der Waals surface area contributed by atoms with Gasteiger partial charge in [0.05, 0.1) is 6.67 Å². The fourth-order valence-electron chi connectivity index (χ4n) is 5.02. The van der Waals surface area contributed by atoms with E-state index < -0.39 is 0 Å². The average molecular weight is 341 g/mol. The highest BCUT2D eigenvalue weighted by Gasteiger charge is 2.50. The molecule has 4 nitrogen and oxygen atoms in total. The van der Waals surface area contributed by atoms with Crippen molar-refractivity contribution in [2.24, 2.45) is 5.92 Å². The van der Waals surface area contributed by atoms with Crippen LogP contribution in [0.1, 0.15) is 51.0 Å². The Labute approximate surface area is 151 Å². The Bertz CT molecular complexity index is 611. The highest BCUT2D eigenvalue weighted by molar-refractivity contribution is 5.93. The number of nitrogens with zero attached hydrogens (tertiary/aromatic N) is 2. The predicted octanol–water partition coefficient (Wildman–Crippen LogP) is 3.30. The molecular weight excluding hydrogens is 310 g/mol. The van der Waals surface area contributed by atoms with Crippen LogP contribution in [0.5, 0.6) is 0 Å². The number of rotatable bonds is 2. The van der Waals surface area contributed by atoms with Gasteiger partial charge in [-0.1, -0.05) is 24.6 Å². The quantitative estimate of drug-likeness (QED) is 0.896. The van der Waals surface area contributed by atoms with Crippen molar-refractivity contribution in [3.63, 3.8) is 0 Å². The minimum Gasteiger partial charge on any atom is -0.339 e.